The van der Waals surface area contributed by atoms with Gasteiger partial charge in [0.2, 0.25) is 29.5 Å². The van der Waals surface area contributed by atoms with Crippen LogP contribution in [0, 0.1) is 17.8 Å². The lowest BCUT2D eigenvalue weighted by atomic mass is 10.00. The van der Waals surface area contributed by atoms with Crippen LogP contribution in [0.15, 0.2) is 0 Å². The summed E-state index contributed by atoms with van der Waals surface area (Å²) < 4.78 is 0. The molecule has 6 atom stereocenters. The molecule has 11 N–H and O–H groups in total. The lowest BCUT2D eigenvalue weighted by Crippen LogP contribution is -2.59. The van der Waals surface area contributed by atoms with Crippen LogP contribution in [-0.4, -0.2) is 110 Å². The second kappa shape index (κ2) is 22.8. The molecule has 51 heavy (non-hydrogen) atoms. The lowest BCUT2D eigenvalue weighted by Gasteiger charge is -2.28. The van der Waals surface area contributed by atoms with E-state index in [1.54, 1.807) is 41.5 Å². The molecule has 0 aliphatic carbocycles. The van der Waals surface area contributed by atoms with Gasteiger partial charge in [0.25, 0.3) is 0 Å². The van der Waals surface area contributed by atoms with E-state index in [2.05, 4.69) is 26.6 Å². The van der Waals surface area contributed by atoms with E-state index in [4.69, 9.17) is 10.8 Å². The minimum atomic E-state index is -1.55. The Kier molecular flexibility index (Phi) is 20.7. The Labute approximate surface area is 296 Å². The highest BCUT2D eigenvalue weighted by molar-refractivity contribution is 5.97. The normalized spacial score (nSPS) is 14.7. The van der Waals surface area contributed by atoms with Gasteiger partial charge >= 0.3 is 23.9 Å². The van der Waals surface area contributed by atoms with Crippen molar-refractivity contribution in [2.45, 2.75) is 129 Å². The molecule has 0 aromatic heterocycles. The maximum atomic E-state index is 13.5. The smallest absolute Gasteiger partial charge is 0.326 e. The Balaban J connectivity index is 6.28. The number of hydrogen-bond acceptors (Lipinski definition) is 10. The van der Waals surface area contributed by atoms with E-state index in [-0.39, 0.29) is 37.0 Å². The first-order chi connectivity index (χ1) is 23.5. The zero-order valence-electron chi connectivity index (χ0n) is 29.9. The quantitative estimate of drug-likeness (QED) is 0.0548. The van der Waals surface area contributed by atoms with Gasteiger partial charge in [-0.2, -0.15) is 0 Å². The average molecular weight is 731 g/mol. The minimum Gasteiger partial charge on any atom is -0.481 e. The third-order valence-corrected chi connectivity index (χ3v) is 7.29. The summed E-state index contributed by atoms with van der Waals surface area (Å²) in [6, 6.07) is -8.56. The van der Waals surface area contributed by atoms with Crippen molar-refractivity contribution in [1.29, 1.82) is 0 Å². The summed E-state index contributed by atoms with van der Waals surface area (Å²) in [6.07, 6.45) is -2.69. The van der Waals surface area contributed by atoms with E-state index in [0.717, 1.165) is 0 Å². The van der Waals surface area contributed by atoms with Gasteiger partial charge in [0.05, 0.1) is 12.5 Å². The summed E-state index contributed by atoms with van der Waals surface area (Å²) in [6.45, 7) is 10.3. The molecule has 0 spiro atoms. The molecular formula is C32H54N6O13. The van der Waals surface area contributed by atoms with Gasteiger partial charge in [-0.3, -0.25) is 38.4 Å². The Hall–Kier alpha value is -4.81. The van der Waals surface area contributed by atoms with Gasteiger partial charge in [-0.25, -0.2) is 4.79 Å². The van der Waals surface area contributed by atoms with Crippen LogP contribution in [0.3, 0.4) is 0 Å². The Bertz CT molecular complexity index is 1260. The molecule has 0 unspecified atom stereocenters. The van der Waals surface area contributed by atoms with Crippen LogP contribution >= 0.6 is 0 Å². The fourth-order valence-corrected chi connectivity index (χ4v) is 4.82. The number of nitrogens with two attached hydrogens (primary N) is 1. The fraction of sp³-hybridized carbons (Fsp3) is 0.719. The van der Waals surface area contributed by atoms with Crippen LogP contribution in [0.1, 0.15) is 92.9 Å². The van der Waals surface area contributed by atoms with Gasteiger partial charge in [-0.1, -0.05) is 41.5 Å². The Morgan fingerprint density at radius 3 is 1.06 bits per heavy atom. The number of carboxylic acids is 4. The van der Waals surface area contributed by atoms with E-state index in [9.17, 15) is 58.5 Å². The Morgan fingerprint density at radius 2 is 0.745 bits per heavy atom. The average Bonchev–Trinajstić information content (AvgIpc) is 2.98. The zero-order chi connectivity index (χ0) is 39.6. The van der Waals surface area contributed by atoms with Gasteiger partial charge in [0.1, 0.15) is 30.2 Å². The summed E-state index contributed by atoms with van der Waals surface area (Å²) >= 11 is 0. The molecule has 0 aliphatic heterocycles. The highest BCUT2D eigenvalue weighted by Crippen LogP contribution is 2.12. The first-order valence-corrected chi connectivity index (χ1v) is 16.7. The highest BCUT2D eigenvalue weighted by Gasteiger charge is 2.34. The van der Waals surface area contributed by atoms with Crippen molar-refractivity contribution in [1.82, 2.24) is 26.6 Å². The van der Waals surface area contributed by atoms with E-state index in [1.807, 2.05) is 0 Å². The van der Waals surface area contributed by atoms with Crippen LogP contribution < -0.4 is 32.3 Å². The number of hydrogen-bond donors (Lipinski definition) is 10. The van der Waals surface area contributed by atoms with Crippen molar-refractivity contribution in [2.75, 3.05) is 0 Å². The lowest BCUT2D eigenvalue weighted by molar-refractivity contribution is -0.143. The maximum absolute atomic E-state index is 13.5. The van der Waals surface area contributed by atoms with Gasteiger partial charge < -0.3 is 52.7 Å². The molecule has 0 aromatic rings. The third-order valence-electron chi connectivity index (χ3n) is 7.29. The largest absolute Gasteiger partial charge is 0.481 e. The molecular weight excluding hydrogens is 676 g/mol. The second-order valence-corrected chi connectivity index (χ2v) is 13.6. The van der Waals surface area contributed by atoms with E-state index >= 15 is 0 Å². The van der Waals surface area contributed by atoms with Crippen molar-refractivity contribution >= 4 is 53.4 Å². The Morgan fingerprint density at radius 1 is 0.451 bits per heavy atom. The number of aliphatic carboxylic acids is 4. The molecule has 0 bridgehead atoms. The number of carboxylic acid groups (broad SMARTS) is 4. The van der Waals surface area contributed by atoms with E-state index in [1.165, 1.54) is 0 Å². The van der Waals surface area contributed by atoms with E-state index in [0.29, 0.717) is 0 Å². The summed E-state index contributed by atoms with van der Waals surface area (Å²) in [4.78, 5) is 111. The van der Waals surface area contributed by atoms with Crippen molar-refractivity contribution < 1.29 is 63.6 Å². The van der Waals surface area contributed by atoms with Crippen molar-refractivity contribution in [2.24, 2.45) is 23.5 Å². The highest BCUT2D eigenvalue weighted by atomic mass is 16.4. The summed E-state index contributed by atoms with van der Waals surface area (Å²) in [5.74, 6) is -10.6. The second-order valence-electron chi connectivity index (χ2n) is 13.6. The number of carbonyl (C=O) groups excluding carboxylic acids is 5. The van der Waals surface area contributed by atoms with Crippen LogP contribution in [0.2, 0.25) is 0 Å². The molecule has 0 saturated carbocycles. The van der Waals surface area contributed by atoms with E-state index < -0.39 is 122 Å². The molecule has 0 radical (unpaired) electrons. The first kappa shape index (κ1) is 46.2. The summed E-state index contributed by atoms with van der Waals surface area (Å²) in [5.41, 5.74) is 5.62. The van der Waals surface area contributed by atoms with Crippen LogP contribution in [0.4, 0.5) is 0 Å². The molecule has 0 aromatic carbocycles. The van der Waals surface area contributed by atoms with Gasteiger partial charge in [-0.15, -0.1) is 0 Å². The van der Waals surface area contributed by atoms with Crippen LogP contribution in [0.25, 0.3) is 0 Å². The zero-order valence-corrected chi connectivity index (χ0v) is 29.9. The summed E-state index contributed by atoms with van der Waals surface area (Å²) in [7, 11) is 0. The molecule has 290 valence electrons. The molecule has 0 aliphatic rings. The number of carbonyl (C=O) groups is 9. The maximum Gasteiger partial charge on any atom is 0.326 e. The topological polar surface area (TPSA) is 321 Å². The fourth-order valence-electron chi connectivity index (χ4n) is 4.82. The van der Waals surface area contributed by atoms with Crippen LogP contribution in [-0.2, 0) is 43.2 Å². The van der Waals surface area contributed by atoms with Gasteiger partial charge in [-0.05, 0) is 49.9 Å². The predicted molar refractivity (Wildman–Crippen MR) is 180 cm³/mol. The standard InChI is InChI=1S/C32H54N6O13/c1-15(2)11-21(36-27(45)18(33)14-26(43)44)30(48)34-19(7-9-24(39)40)28(46)37-22(12-16(3)4)31(49)35-20(8-10-25(41)42)29(47)38-23(32(50)51)13-17(5)6/h15-23H,7-14,33H2,1-6H3,(H,34,48)(H,35,49)(H,36,45)(H,37,46)(H,38,47)(H,39,40)(H,41,42)(H,43,44)(H,50,51)/t18-,19-,20-,21-,22-,23-/m0/s1. The van der Waals surface area contributed by atoms with Crippen molar-refractivity contribution in [3.8, 4) is 0 Å². The third kappa shape index (κ3) is 19.8. The van der Waals surface area contributed by atoms with Crippen molar-refractivity contribution in [3.63, 3.8) is 0 Å². The molecule has 19 heteroatoms. The molecule has 0 fully saturated rings. The predicted octanol–water partition coefficient (Wildman–Crippen LogP) is -0.835. The van der Waals surface area contributed by atoms with Gasteiger partial charge in [0.15, 0.2) is 0 Å². The molecule has 0 rings (SSSR count). The number of nitrogens with one attached hydrogen (secondary N) is 5. The summed E-state index contributed by atoms with van der Waals surface area (Å²) in [5, 5.41) is 48.9. The first-order valence-electron chi connectivity index (χ1n) is 16.7. The number of rotatable bonds is 25. The minimum absolute atomic E-state index is 0.0248. The SMILES string of the molecule is CC(C)C[C@H](NC(=O)[C@H](CCC(=O)O)NC(=O)[C@H](CC(C)C)NC(=O)[C@H](CCC(=O)O)NC(=O)[C@H](CC(C)C)NC(=O)[C@@H](N)CC(=O)O)C(=O)O. The monoisotopic (exact) mass is 730 g/mol. The van der Waals surface area contributed by atoms with Crippen LogP contribution in [0.5, 0.6) is 0 Å². The molecule has 0 saturated heterocycles. The molecule has 5 amide bonds. The number of amides is 5. The molecule has 0 heterocycles. The van der Waals surface area contributed by atoms with Gasteiger partial charge in [0, 0.05) is 12.8 Å². The molecule has 19 nitrogen and oxygen atoms in total. The van der Waals surface area contributed by atoms with Crippen molar-refractivity contribution in [3.05, 3.63) is 0 Å².